The molecule has 1 aromatic rings. The lowest BCUT2D eigenvalue weighted by molar-refractivity contribution is -0.154. The Morgan fingerprint density at radius 2 is 1.62 bits per heavy atom. The number of nitrogens with zero attached hydrogens (tertiary/aromatic N) is 3. The Bertz CT molecular complexity index is 836. The van der Waals surface area contributed by atoms with Crippen molar-refractivity contribution in [2.45, 2.75) is 51.7 Å². The molecule has 8 heteroatoms. The summed E-state index contributed by atoms with van der Waals surface area (Å²) in [5.74, 6) is -0.413. The molecule has 0 aromatic heterocycles. The van der Waals surface area contributed by atoms with E-state index in [1.807, 2.05) is 45.0 Å². The summed E-state index contributed by atoms with van der Waals surface area (Å²) in [7, 11) is 1.37. The van der Waals surface area contributed by atoms with E-state index >= 15 is 0 Å². The third-order valence-corrected chi connectivity index (χ3v) is 5.96. The van der Waals surface area contributed by atoms with Crippen LogP contribution in [0, 0.1) is 0 Å². The number of carbonyl (C=O) groups excluding carboxylic acids is 3. The van der Waals surface area contributed by atoms with E-state index in [-0.39, 0.29) is 29.9 Å². The Hall–Kier alpha value is -2.45. The molecule has 1 aromatic carbocycles. The molecular weight excluding hydrogens is 408 g/mol. The Labute approximate surface area is 190 Å². The molecule has 0 bridgehead atoms. The van der Waals surface area contributed by atoms with Crippen molar-refractivity contribution in [3.8, 4) is 0 Å². The van der Waals surface area contributed by atoms with Gasteiger partial charge in [-0.1, -0.05) is 24.3 Å². The molecule has 2 amide bonds. The normalized spacial score (nSPS) is 20.2. The van der Waals surface area contributed by atoms with Crippen LogP contribution in [0.15, 0.2) is 24.3 Å². The second kappa shape index (κ2) is 10.4. The van der Waals surface area contributed by atoms with Crippen molar-refractivity contribution in [1.82, 2.24) is 20.0 Å². The summed E-state index contributed by atoms with van der Waals surface area (Å²) in [5.41, 5.74) is 1.92. The molecule has 1 saturated heterocycles. The fourth-order valence-corrected chi connectivity index (χ4v) is 4.42. The van der Waals surface area contributed by atoms with E-state index in [1.165, 1.54) is 7.11 Å². The number of fused-ring (bicyclic) bond motifs is 1. The zero-order valence-electron chi connectivity index (χ0n) is 19.7. The SMILES string of the molecule is COC(=O)C1Cc2ccccc2CN1C(=O)CN1CCCN(CC(=O)NC(C)(C)C)CC1. The molecule has 2 heterocycles. The largest absolute Gasteiger partial charge is 0.467 e. The van der Waals surface area contributed by atoms with Crippen molar-refractivity contribution in [1.29, 1.82) is 0 Å². The number of rotatable bonds is 5. The number of carbonyl (C=O) groups is 3. The molecule has 0 saturated carbocycles. The van der Waals surface area contributed by atoms with Gasteiger partial charge in [-0.2, -0.15) is 0 Å². The van der Waals surface area contributed by atoms with Gasteiger partial charge in [-0.25, -0.2) is 4.79 Å². The number of esters is 1. The van der Waals surface area contributed by atoms with Gasteiger partial charge in [0, 0.05) is 31.6 Å². The summed E-state index contributed by atoms with van der Waals surface area (Å²) in [6.07, 6.45) is 1.37. The van der Waals surface area contributed by atoms with E-state index in [1.54, 1.807) is 4.90 Å². The summed E-state index contributed by atoms with van der Waals surface area (Å²) >= 11 is 0. The molecule has 1 fully saturated rings. The van der Waals surface area contributed by atoms with Gasteiger partial charge in [0.2, 0.25) is 11.8 Å². The highest BCUT2D eigenvalue weighted by atomic mass is 16.5. The third-order valence-electron chi connectivity index (χ3n) is 5.96. The number of ether oxygens (including phenoxy) is 1. The van der Waals surface area contributed by atoms with Crippen LogP contribution in [0.4, 0.5) is 0 Å². The molecule has 2 aliphatic rings. The van der Waals surface area contributed by atoms with E-state index in [4.69, 9.17) is 4.74 Å². The first-order valence-electron chi connectivity index (χ1n) is 11.4. The predicted octanol–water partition coefficient (Wildman–Crippen LogP) is 1.04. The highest BCUT2D eigenvalue weighted by molar-refractivity contribution is 5.86. The summed E-state index contributed by atoms with van der Waals surface area (Å²) in [4.78, 5) is 43.8. The monoisotopic (exact) mass is 444 g/mol. The maximum atomic E-state index is 13.2. The first-order valence-corrected chi connectivity index (χ1v) is 11.4. The Morgan fingerprint density at radius 1 is 1.00 bits per heavy atom. The molecule has 0 spiro atoms. The van der Waals surface area contributed by atoms with E-state index in [2.05, 4.69) is 15.1 Å². The van der Waals surface area contributed by atoms with E-state index < -0.39 is 6.04 Å². The van der Waals surface area contributed by atoms with Crippen molar-refractivity contribution in [2.75, 3.05) is 46.4 Å². The first-order chi connectivity index (χ1) is 15.2. The fourth-order valence-electron chi connectivity index (χ4n) is 4.42. The van der Waals surface area contributed by atoms with E-state index in [9.17, 15) is 14.4 Å². The number of amides is 2. The van der Waals surface area contributed by atoms with Crippen LogP contribution in [-0.4, -0.2) is 90.4 Å². The minimum absolute atomic E-state index is 0.0231. The van der Waals surface area contributed by atoms with Gasteiger partial charge in [0.25, 0.3) is 0 Å². The third kappa shape index (κ3) is 6.53. The van der Waals surface area contributed by atoms with Crippen LogP contribution in [0.1, 0.15) is 38.3 Å². The average Bonchev–Trinajstić information content (AvgIpc) is 2.95. The number of nitrogens with one attached hydrogen (secondary N) is 1. The summed E-state index contributed by atoms with van der Waals surface area (Å²) < 4.78 is 4.99. The Balaban J connectivity index is 1.58. The molecule has 1 atom stereocenters. The Kier molecular flexibility index (Phi) is 7.90. The zero-order valence-corrected chi connectivity index (χ0v) is 19.7. The lowest BCUT2D eigenvalue weighted by atomic mass is 9.94. The number of methoxy groups -OCH3 is 1. The van der Waals surface area contributed by atoms with E-state index in [0.29, 0.717) is 26.1 Å². The second-order valence-electron chi connectivity index (χ2n) is 9.74. The average molecular weight is 445 g/mol. The maximum absolute atomic E-state index is 13.2. The summed E-state index contributed by atoms with van der Waals surface area (Å²) in [6.45, 7) is 10.0. The van der Waals surface area contributed by atoms with Crippen molar-refractivity contribution < 1.29 is 19.1 Å². The van der Waals surface area contributed by atoms with Crippen molar-refractivity contribution >= 4 is 17.8 Å². The fraction of sp³-hybridized carbons (Fsp3) is 0.625. The maximum Gasteiger partial charge on any atom is 0.328 e. The second-order valence-corrected chi connectivity index (χ2v) is 9.74. The van der Waals surface area contributed by atoms with Crippen molar-refractivity contribution in [3.05, 3.63) is 35.4 Å². The van der Waals surface area contributed by atoms with Gasteiger partial charge in [-0.15, -0.1) is 0 Å². The first kappa shape index (κ1) is 24.2. The minimum Gasteiger partial charge on any atom is -0.467 e. The quantitative estimate of drug-likeness (QED) is 0.684. The van der Waals surface area contributed by atoms with Crippen LogP contribution in [-0.2, 0) is 32.1 Å². The van der Waals surface area contributed by atoms with Gasteiger partial charge in [0.05, 0.1) is 20.2 Å². The molecule has 0 radical (unpaired) electrons. The van der Waals surface area contributed by atoms with Crippen molar-refractivity contribution in [2.24, 2.45) is 0 Å². The smallest absolute Gasteiger partial charge is 0.328 e. The molecule has 1 N–H and O–H groups in total. The topological polar surface area (TPSA) is 82.2 Å². The lowest BCUT2D eigenvalue weighted by Crippen LogP contribution is -2.52. The zero-order chi connectivity index (χ0) is 23.3. The number of benzene rings is 1. The Morgan fingerprint density at radius 3 is 2.25 bits per heavy atom. The summed E-state index contributed by atoms with van der Waals surface area (Å²) in [5, 5.41) is 3.00. The molecule has 2 aliphatic heterocycles. The van der Waals surface area contributed by atoms with Crippen LogP contribution >= 0.6 is 0 Å². The van der Waals surface area contributed by atoms with Gasteiger partial charge in [-0.05, 0) is 51.4 Å². The van der Waals surface area contributed by atoms with Crippen LogP contribution in [0.25, 0.3) is 0 Å². The molecule has 0 aliphatic carbocycles. The summed E-state index contributed by atoms with van der Waals surface area (Å²) in [6, 6.07) is 7.34. The van der Waals surface area contributed by atoms with Crippen LogP contribution < -0.4 is 5.32 Å². The van der Waals surface area contributed by atoms with Gasteiger partial charge in [-0.3, -0.25) is 19.4 Å². The van der Waals surface area contributed by atoms with Crippen LogP contribution in [0.3, 0.4) is 0 Å². The highest BCUT2D eigenvalue weighted by Crippen LogP contribution is 2.24. The predicted molar refractivity (Wildman–Crippen MR) is 122 cm³/mol. The standard InChI is InChI=1S/C24H36N4O4/c1-24(2,3)25-21(29)16-26-10-7-11-27(13-12-26)17-22(30)28-15-19-9-6-5-8-18(19)14-20(28)23(31)32-4/h5-6,8-9,20H,7,10-17H2,1-4H3,(H,25,29). The molecular formula is C24H36N4O4. The van der Waals surface area contributed by atoms with Gasteiger partial charge >= 0.3 is 5.97 Å². The van der Waals surface area contributed by atoms with Gasteiger partial charge in [0.1, 0.15) is 6.04 Å². The number of hydrogen-bond acceptors (Lipinski definition) is 6. The highest BCUT2D eigenvalue weighted by Gasteiger charge is 2.35. The minimum atomic E-state index is -0.591. The molecule has 176 valence electrons. The van der Waals surface area contributed by atoms with E-state index in [0.717, 1.165) is 37.2 Å². The lowest BCUT2D eigenvalue weighted by Gasteiger charge is -2.36. The van der Waals surface area contributed by atoms with Gasteiger partial charge in [0.15, 0.2) is 0 Å². The van der Waals surface area contributed by atoms with Gasteiger partial charge < -0.3 is 15.0 Å². The number of hydrogen-bond donors (Lipinski definition) is 1. The molecule has 3 rings (SSSR count). The molecule has 8 nitrogen and oxygen atoms in total. The molecule has 1 unspecified atom stereocenters. The van der Waals surface area contributed by atoms with Crippen LogP contribution in [0.5, 0.6) is 0 Å². The van der Waals surface area contributed by atoms with Crippen molar-refractivity contribution in [3.63, 3.8) is 0 Å². The van der Waals surface area contributed by atoms with Crippen LogP contribution in [0.2, 0.25) is 0 Å². The molecule has 32 heavy (non-hydrogen) atoms.